The summed E-state index contributed by atoms with van der Waals surface area (Å²) in [6.45, 7) is 0.892. The summed E-state index contributed by atoms with van der Waals surface area (Å²) in [5.41, 5.74) is 1.66. The third-order valence-electron chi connectivity index (χ3n) is 2.89. The standard InChI is InChI=1S/C15H14Br2FNO/c16-12-3-1-2-10(6-12)15(20)9-19-8-11-7-13(18)4-5-14(11)17/h1-7,15,19-20H,8-9H2. The molecule has 0 aliphatic heterocycles. The highest BCUT2D eigenvalue weighted by Crippen LogP contribution is 2.19. The Morgan fingerprint density at radius 1 is 1.15 bits per heavy atom. The minimum atomic E-state index is -0.597. The Morgan fingerprint density at radius 3 is 2.70 bits per heavy atom. The van der Waals surface area contributed by atoms with Crippen molar-refractivity contribution in [1.29, 1.82) is 0 Å². The number of hydrogen-bond donors (Lipinski definition) is 2. The first-order valence-corrected chi connectivity index (χ1v) is 7.73. The lowest BCUT2D eigenvalue weighted by molar-refractivity contribution is 0.174. The number of rotatable bonds is 5. The fraction of sp³-hybridized carbons (Fsp3) is 0.200. The zero-order valence-corrected chi connectivity index (χ0v) is 13.8. The molecule has 0 spiro atoms. The maximum absolute atomic E-state index is 13.1. The highest BCUT2D eigenvalue weighted by Gasteiger charge is 2.08. The van der Waals surface area contributed by atoms with Crippen LogP contribution < -0.4 is 5.32 Å². The van der Waals surface area contributed by atoms with E-state index in [0.29, 0.717) is 13.1 Å². The first-order valence-electron chi connectivity index (χ1n) is 6.14. The van der Waals surface area contributed by atoms with Gasteiger partial charge in [-0.15, -0.1) is 0 Å². The molecule has 0 radical (unpaired) electrons. The van der Waals surface area contributed by atoms with Gasteiger partial charge < -0.3 is 10.4 Å². The van der Waals surface area contributed by atoms with E-state index < -0.39 is 6.10 Å². The van der Waals surface area contributed by atoms with Crippen LogP contribution in [0.15, 0.2) is 51.4 Å². The summed E-state index contributed by atoms with van der Waals surface area (Å²) in [4.78, 5) is 0. The third kappa shape index (κ3) is 4.38. The molecule has 2 aromatic rings. The quantitative estimate of drug-likeness (QED) is 0.786. The molecule has 2 aromatic carbocycles. The van der Waals surface area contributed by atoms with Crippen LogP contribution in [0.25, 0.3) is 0 Å². The van der Waals surface area contributed by atoms with Crippen LogP contribution in [0.5, 0.6) is 0 Å². The van der Waals surface area contributed by atoms with Crippen molar-refractivity contribution < 1.29 is 9.50 Å². The minimum Gasteiger partial charge on any atom is -0.387 e. The van der Waals surface area contributed by atoms with Gasteiger partial charge in [-0.2, -0.15) is 0 Å². The topological polar surface area (TPSA) is 32.3 Å². The first kappa shape index (κ1) is 15.6. The van der Waals surface area contributed by atoms with E-state index in [2.05, 4.69) is 37.2 Å². The van der Waals surface area contributed by atoms with E-state index in [1.165, 1.54) is 12.1 Å². The summed E-state index contributed by atoms with van der Waals surface area (Å²) in [6.07, 6.45) is -0.597. The number of aliphatic hydroxyl groups excluding tert-OH is 1. The number of nitrogens with one attached hydrogen (secondary N) is 1. The van der Waals surface area contributed by atoms with Gasteiger partial charge in [0.25, 0.3) is 0 Å². The molecule has 0 saturated carbocycles. The summed E-state index contributed by atoms with van der Waals surface area (Å²) >= 11 is 6.75. The second-order valence-corrected chi connectivity index (χ2v) is 6.21. The van der Waals surface area contributed by atoms with E-state index in [9.17, 15) is 9.50 Å². The van der Waals surface area contributed by atoms with Gasteiger partial charge in [0.1, 0.15) is 5.82 Å². The van der Waals surface area contributed by atoms with Gasteiger partial charge in [0.15, 0.2) is 0 Å². The summed E-state index contributed by atoms with van der Waals surface area (Å²) in [6, 6.07) is 12.1. The molecule has 1 atom stereocenters. The van der Waals surface area contributed by atoms with Gasteiger partial charge >= 0.3 is 0 Å². The van der Waals surface area contributed by atoms with Crippen LogP contribution in [0.3, 0.4) is 0 Å². The largest absolute Gasteiger partial charge is 0.387 e. The molecule has 0 saturated heterocycles. The maximum atomic E-state index is 13.1. The average molecular weight is 403 g/mol. The van der Waals surface area contributed by atoms with Crippen molar-refractivity contribution in [2.24, 2.45) is 0 Å². The Hall–Kier alpha value is -0.750. The summed E-state index contributed by atoms with van der Waals surface area (Å²) < 4.78 is 14.9. The van der Waals surface area contributed by atoms with Crippen molar-refractivity contribution in [2.45, 2.75) is 12.6 Å². The van der Waals surface area contributed by atoms with Gasteiger partial charge in [-0.3, -0.25) is 0 Å². The highest BCUT2D eigenvalue weighted by atomic mass is 79.9. The molecule has 2 nitrogen and oxygen atoms in total. The molecule has 0 bridgehead atoms. The maximum Gasteiger partial charge on any atom is 0.123 e. The second kappa shape index (κ2) is 7.31. The number of benzene rings is 2. The van der Waals surface area contributed by atoms with Crippen molar-refractivity contribution >= 4 is 31.9 Å². The van der Waals surface area contributed by atoms with Crippen LogP contribution in [0, 0.1) is 5.82 Å². The third-order valence-corrected chi connectivity index (χ3v) is 4.16. The Morgan fingerprint density at radius 2 is 1.95 bits per heavy atom. The van der Waals surface area contributed by atoms with Gasteiger partial charge in [-0.1, -0.05) is 44.0 Å². The highest BCUT2D eigenvalue weighted by molar-refractivity contribution is 9.10. The van der Waals surface area contributed by atoms with Gasteiger partial charge in [0.2, 0.25) is 0 Å². The fourth-order valence-corrected chi connectivity index (χ4v) is 2.66. The van der Waals surface area contributed by atoms with Crippen molar-refractivity contribution in [2.75, 3.05) is 6.54 Å². The fourth-order valence-electron chi connectivity index (χ4n) is 1.85. The minimum absolute atomic E-state index is 0.266. The second-order valence-electron chi connectivity index (χ2n) is 4.44. The van der Waals surface area contributed by atoms with Gasteiger partial charge in [-0.25, -0.2) is 4.39 Å². The normalized spacial score (nSPS) is 12.4. The summed E-state index contributed by atoms with van der Waals surface area (Å²) in [7, 11) is 0. The van der Waals surface area contributed by atoms with Gasteiger partial charge in [0.05, 0.1) is 6.10 Å². The predicted octanol–water partition coefficient (Wildman–Crippen LogP) is 4.17. The van der Waals surface area contributed by atoms with Crippen LogP contribution in [0.2, 0.25) is 0 Å². The lowest BCUT2D eigenvalue weighted by Gasteiger charge is -2.13. The van der Waals surface area contributed by atoms with Gasteiger partial charge in [-0.05, 0) is 41.5 Å². The average Bonchev–Trinajstić information content (AvgIpc) is 2.42. The Kier molecular flexibility index (Phi) is 5.72. The molecule has 106 valence electrons. The van der Waals surface area contributed by atoms with Crippen LogP contribution in [0.4, 0.5) is 4.39 Å². The number of halogens is 3. The Bertz CT molecular complexity index is 592. The van der Waals surface area contributed by atoms with Crippen molar-refractivity contribution in [3.8, 4) is 0 Å². The first-order chi connectivity index (χ1) is 9.56. The van der Waals surface area contributed by atoms with Crippen molar-refractivity contribution in [1.82, 2.24) is 5.32 Å². The molecular weight excluding hydrogens is 389 g/mol. The zero-order chi connectivity index (χ0) is 14.5. The molecule has 0 heterocycles. The summed E-state index contributed by atoms with van der Waals surface area (Å²) in [5, 5.41) is 13.2. The molecule has 0 aromatic heterocycles. The molecule has 0 aliphatic carbocycles. The number of aliphatic hydroxyl groups is 1. The van der Waals surface area contributed by atoms with E-state index in [1.807, 2.05) is 24.3 Å². The van der Waals surface area contributed by atoms with E-state index in [4.69, 9.17) is 0 Å². The molecule has 0 amide bonds. The molecule has 20 heavy (non-hydrogen) atoms. The van der Waals surface area contributed by atoms with Crippen LogP contribution in [0.1, 0.15) is 17.2 Å². The number of hydrogen-bond acceptors (Lipinski definition) is 2. The smallest absolute Gasteiger partial charge is 0.123 e. The SMILES string of the molecule is OC(CNCc1cc(F)ccc1Br)c1cccc(Br)c1. The summed E-state index contributed by atoms with van der Waals surface area (Å²) in [5.74, 6) is -0.266. The molecule has 2 rings (SSSR count). The monoisotopic (exact) mass is 401 g/mol. The van der Waals surface area contributed by atoms with Crippen LogP contribution in [-0.2, 0) is 6.54 Å². The van der Waals surface area contributed by atoms with Crippen molar-refractivity contribution in [3.05, 3.63) is 68.4 Å². The van der Waals surface area contributed by atoms with E-state index in [-0.39, 0.29) is 5.82 Å². The Labute approximate surface area is 134 Å². The molecule has 0 aliphatic rings. The molecule has 1 unspecified atom stereocenters. The zero-order valence-electron chi connectivity index (χ0n) is 10.6. The van der Waals surface area contributed by atoms with E-state index in [0.717, 1.165) is 20.1 Å². The Balaban J connectivity index is 1.91. The lowest BCUT2D eigenvalue weighted by Crippen LogP contribution is -2.21. The van der Waals surface area contributed by atoms with E-state index in [1.54, 1.807) is 6.07 Å². The van der Waals surface area contributed by atoms with Crippen LogP contribution in [-0.4, -0.2) is 11.7 Å². The lowest BCUT2D eigenvalue weighted by atomic mass is 10.1. The molecule has 2 N–H and O–H groups in total. The van der Waals surface area contributed by atoms with Crippen LogP contribution >= 0.6 is 31.9 Å². The van der Waals surface area contributed by atoms with Gasteiger partial charge in [0, 0.05) is 22.0 Å². The van der Waals surface area contributed by atoms with Crippen molar-refractivity contribution in [3.63, 3.8) is 0 Å². The van der Waals surface area contributed by atoms with E-state index >= 15 is 0 Å². The molecule has 0 fully saturated rings. The molecular formula is C15H14Br2FNO. The molecule has 5 heteroatoms. The predicted molar refractivity (Wildman–Crippen MR) is 84.9 cm³/mol.